The molecule has 0 bridgehead atoms. The zero-order chi connectivity index (χ0) is 18.5. The van der Waals surface area contributed by atoms with Gasteiger partial charge in [-0.25, -0.2) is 9.78 Å². The summed E-state index contributed by atoms with van der Waals surface area (Å²) < 4.78 is 1.64. The number of halogens is 1. The van der Waals surface area contributed by atoms with E-state index < -0.39 is 17.7 Å². The highest BCUT2D eigenvalue weighted by Crippen LogP contribution is 2.38. The predicted octanol–water partition coefficient (Wildman–Crippen LogP) is 4.22. The number of amides is 1. The second-order valence-electron chi connectivity index (χ2n) is 7.51. The Morgan fingerprint density at radius 2 is 2.04 bits per heavy atom. The number of carbonyl (C=O) groups is 1. The molecule has 3 rings (SSSR count). The smallest absolute Gasteiger partial charge is 0.408 e. The maximum Gasteiger partial charge on any atom is 0.408 e. The molecule has 6 nitrogen and oxygen atoms in total. The van der Waals surface area contributed by atoms with Crippen LogP contribution in [0.5, 0.6) is 0 Å². The molecule has 134 valence electrons. The summed E-state index contributed by atoms with van der Waals surface area (Å²) in [5.41, 5.74) is -0.324. The number of hydrogen-bond donors (Lipinski definition) is 1. The largest absolute Gasteiger partial charge is 0.465 e. The van der Waals surface area contributed by atoms with Gasteiger partial charge in [0.05, 0.1) is 22.0 Å². The van der Waals surface area contributed by atoms with Crippen LogP contribution < -0.4 is 5.56 Å². The maximum absolute atomic E-state index is 13.1. The molecule has 1 atom stereocenters. The van der Waals surface area contributed by atoms with Crippen molar-refractivity contribution in [1.29, 1.82) is 0 Å². The van der Waals surface area contributed by atoms with Crippen LogP contribution in [0.15, 0.2) is 23.0 Å². The lowest BCUT2D eigenvalue weighted by atomic mass is 10.0. The van der Waals surface area contributed by atoms with Crippen LogP contribution in [-0.4, -0.2) is 31.2 Å². The van der Waals surface area contributed by atoms with Gasteiger partial charge in [-0.1, -0.05) is 17.7 Å². The van der Waals surface area contributed by atoms with E-state index in [1.54, 1.807) is 29.7 Å². The summed E-state index contributed by atoms with van der Waals surface area (Å²) in [6, 6.07) is 4.65. The Hall–Kier alpha value is -2.08. The van der Waals surface area contributed by atoms with Gasteiger partial charge in [0.1, 0.15) is 5.82 Å². The molecule has 25 heavy (non-hydrogen) atoms. The predicted molar refractivity (Wildman–Crippen MR) is 97.3 cm³/mol. The molecule has 0 spiro atoms. The Bertz CT molecular complexity index is 897. The van der Waals surface area contributed by atoms with Gasteiger partial charge in [-0.2, -0.15) is 0 Å². The molecule has 1 aliphatic carbocycles. The van der Waals surface area contributed by atoms with Crippen molar-refractivity contribution in [3.05, 3.63) is 39.4 Å². The van der Waals surface area contributed by atoms with Crippen LogP contribution in [0.1, 0.15) is 58.4 Å². The highest BCUT2D eigenvalue weighted by molar-refractivity contribution is 6.35. The van der Waals surface area contributed by atoms with Crippen LogP contribution >= 0.6 is 11.6 Å². The monoisotopic (exact) mass is 363 g/mol. The minimum atomic E-state index is -1.04. The fourth-order valence-electron chi connectivity index (χ4n) is 3.35. The first-order valence-corrected chi connectivity index (χ1v) is 8.73. The molecular weight excluding hydrogens is 342 g/mol. The zero-order valence-corrected chi connectivity index (χ0v) is 15.5. The highest BCUT2D eigenvalue weighted by Gasteiger charge is 2.37. The van der Waals surface area contributed by atoms with Crippen molar-refractivity contribution in [2.75, 3.05) is 0 Å². The maximum atomic E-state index is 13.1. The fraction of sp³-hybridized carbons (Fsp3) is 0.500. The first-order chi connectivity index (χ1) is 11.6. The van der Waals surface area contributed by atoms with Gasteiger partial charge in [0.15, 0.2) is 0 Å². The van der Waals surface area contributed by atoms with Gasteiger partial charge < -0.3 is 5.11 Å². The molecule has 2 aromatic rings. The van der Waals surface area contributed by atoms with Gasteiger partial charge in [0.2, 0.25) is 0 Å². The Morgan fingerprint density at radius 1 is 1.40 bits per heavy atom. The van der Waals surface area contributed by atoms with Crippen LogP contribution in [0.2, 0.25) is 5.02 Å². The number of hydrogen-bond acceptors (Lipinski definition) is 3. The summed E-state index contributed by atoms with van der Waals surface area (Å²) in [4.78, 5) is 30.9. The number of aromatic nitrogens is 2. The van der Waals surface area contributed by atoms with Crippen molar-refractivity contribution < 1.29 is 9.90 Å². The minimum Gasteiger partial charge on any atom is -0.465 e. The van der Waals surface area contributed by atoms with E-state index in [1.807, 2.05) is 20.8 Å². The fourth-order valence-corrected chi connectivity index (χ4v) is 3.60. The molecule has 1 aromatic carbocycles. The van der Waals surface area contributed by atoms with Crippen molar-refractivity contribution >= 4 is 28.6 Å². The molecule has 0 saturated heterocycles. The first kappa shape index (κ1) is 17.7. The topological polar surface area (TPSA) is 75.4 Å². The van der Waals surface area contributed by atoms with Gasteiger partial charge in [0.25, 0.3) is 5.56 Å². The van der Waals surface area contributed by atoms with Gasteiger partial charge in [-0.3, -0.25) is 14.3 Å². The number of carboxylic acid groups (broad SMARTS) is 1. The Labute approximate surface area is 151 Å². The first-order valence-electron chi connectivity index (χ1n) is 8.36. The van der Waals surface area contributed by atoms with E-state index in [4.69, 9.17) is 11.6 Å². The van der Waals surface area contributed by atoms with Crippen molar-refractivity contribution in [1.82, 2.24) is 14.5 Å². The van der Waals surface area contributed by atoms with Gasteiger partial charge >= 0.3 is 6.09 Å². The molecule has 1 unspecified atom stereocenters. The third-order valence-corrected chi connectivity index (χ3v) is 4.82. The van der Waals surface area contributed by atoms with E-state index in [2.05, 4.69) is 4.98 Å². The number of rotatable bonds is 3. The van der Waals surface area contributed by atoms with Gasteiger partial charge in [0, 0.05) is 11.6 Å². The van der Waals surface area contributed by atoms with E-state index in [9.17, 15) is 14.7 Å². The summed E-state index contributed by atoms with van der Waals surface area (Å²) in [6.45, 7) is 7.26. The molecule has 1 aromatic heterocycles. The molecule has 1 aliphatic rings. The molecule has 1 amide bonds. The van der Waals surface area contributed by atoms with Crippen LogP contribution in [0.3, 0.4) is 0 Å². The lowest BCUT2D eigenvalue weighted by Gasteiger charge is -2.38. The standard InChI is InChI=1S/C18H22ClN3O3/c1-10(22(17(24)25)18(2,3)4)15-20-13-7-5-6-12(19)14(13)16(23)21(15)11-8-9-11/h5-7,10-11H,8-9H2,1-4H3,(H,24,25). The SMILES string of the molecule is CC(c1nc2cccc(Cl)c2c(=O)n1C1CC1)N(C(=O)O)C(C)(C)C. The Balaban J connectivity index is 2.27. The number of benzene rings is 1. The van der Waals surface area contributed by atoms with E-state index in [-0.39, 0.29) is 11.6 Å². The molecule has 0 radical (unpaired) electrons. The lowest BCUT2D eigenvalue weighted by molar-refractivity contribution is 0.0711. The average Bonchev–Trinajstić information content (AvgIpc) is 3.29. The van der Waals surface area contributed by atoms with Gasteiger partial charge in [-0.05, 0) is 52.7 Å². The average molecular weight is 364 g/mol. The lowest BCUT2D eigenvalue weighted by Crippen LogP contribution is -2.47. The molecule has 1 heterocycles. The molecule has 7 heteroatoms. The second-order valence-corrected chi connectivity index (χ2v) is 7.92. The van der Waals surface area contributed by atoms with Crippen molar-refractivity contribution in [2.45, 2.75) is 58.2 Å². The minimum absolute atomic E-state index is 0.0636. The second kappa shape index (κ2) is 6.02. The van der Waals surface area contributed by atoms with Gasteiger partial charge in [-0.15, -0.1) is 0 Å². The summed E-state index contributed by atoms with van der Waals surface area (Å²) >= 11 is 6.22. The molecule has 1 N–H and O–H groups in total. The molecule has 0 aliphatic heterocycles. The van der Waals surface area contributed by atoms with Crippen LogP contribution in [0.25, 0.3) is 10.9 Å². The summed E-state index contributed by atoms with van der Waals surface area (Å²) in [7, 11) is 0. The molecule has 1 fully saturated rings. The van der Waals surface area contributed by atoms with Crippen LogP contribution in [-0.2, 0) is 0 Å². The Morgan fingerprint density at radius 3 is 2.56 bits per heavy atom. The number of nitrogens with zero attached hydrogens (tertiary/aromatic N) is 3. The van der Waals surface area contributed by atoms with Crippen LogP contribution in [0, 0.1) is 0 Å². The van der Waals surface area contributed by atoms with Crippen molar-refractivity contribution in [2.24, 2.45) is 0 Å². The number of fused-ring (bicyclic) bond motifs is 1. The normalized spacial score (nSPS) is 16.0. The third-order valence-electron chi connectivity index (χ3n) is 4.51. The van der Waals surface area contributed by atoms with E-state index >= 15 is 0 Å². The zero-order valence-electron chi connectivity index (χ0n) is 14.8. The summed E-state index contributed by atoms with van der Waals surface area (Å²) in [6.07, 6.45) is 0.738. The Kier molecular flexibility index (Phi) is 4.27. The molecular formula is C18H22ClN3O3. The van der Waals surface area contributed by atoms with Crippen molar-refractivity contribution in [3.8, 4) is 0 Å². The molecule has 1 saturated carbocycles. The highest BCUT2D eigenvalue weighted by atomic mass is 35.5. The van der Waals surface area contributed by atoms with Crippen molar-refractivity contribution in [3.63, 3.8) is 0 Å². The summed E-state index contributed by atoms with van der Waals surface area (Å²) in [5.74, 6) is 0.472. The van der Waals surface area contributed by atoms with Crippen LogP contribution in [0.4, 0.5) is 4.79 Å². The summed E-state index contributed by atoms with van der Waals surface area (Å²) in [5, 5.41) is 10.5. The third kappa shape index (κ3) is 3.11. The quantitative estimate of drug-likeness (QED) is 0.885. The van der Waals surface area contributed by atoms with E-state index in [0.717, 1.165) is 12.8 Å². The van der Waals surface area contributed by atoms with E-state index in [0.29, 0.717) is 21.7 Å². The van der Waals surface area contributed by atoms with E-state index in [1.165, 1.54) is 4.90 Å².